The molecule has 1 aliphatic heterocycles. The van der Waals surface area contributed by atoms with Crippen LogP contribution in [0.25, 0.3) is 0 Å². The highest BCUT2D eigenvalue weighted by Gasteiger charge is 2.30. The lowest BCUT2D eigenvalue weighted by molar-refractivity contribution is -0.143. The number of benzene rings is 1. The maximum absolute atomic E-state index is 11.8. The van der Waals surface area contributed by atoms with Gasteiger partial charge >= 0.3 is 5.97 Å². The Kier molecular flexibility index (Phi) is 3.76. The van der Waals surface area contributed by atoms with Gasteiger partial charge in [-0.3, -0.25) is 9.69 Å². The first kappa shape index (κ1) is 12.1. The molecule has 4 nitrogen and oxygen atoms in total. The average Bonchev–Trinajstić information content (AvgIpc) is 2.33. The third kappa shape index (κ3) is 2.84. The minimum atomic E-state index is -0.214. The van der Waals surface area contributed by atoms with Crippen LogP contribution in [0.5, 0.6) is 0 Å². The van der Waals surface area contributed by atoms with Gasteiger partial charge in [-0.25, -0.2) is 0 Å². The molecule has 0 aromatic heterocycles. The van der Waals surface area contributed by atoms with E-state index in [9.17, 15) is 4.79 Å². The SMILES string of the molecule is COC(=O)C(CN1CC(N)C1)c1ccccc1. The number of nitrogens with two attached hydrogens (primary N) is 1. The van der Waals surface area contributed by atoms with E-state index >= 15 is 0 Å². The van der Waals surface area contributed by atoms with E-state index in [2.05, 4.69) is 4.90 Å². The summed E-state index contributed by atoms with van der Waals surface area (Å²) in [7, 11) is 1.43. The number of hydrogen-bond donors (Lipinski definition) is 1. The highest BCUT2D eigenvalue weighted by molar-refractivity contribution is 5.78. The standard InChI is InChI=1S/C13H18N2O2/c1-17-13(16)12(9-15-7-11(14)8-15)10-5-3-2-4-6-10/h2-6,11-12H,7-9,14H2,1H3. The van der Waals surface area contributed by atoms with E-state index in [-0.39, 0.29) is 17.9 Å². The topological polar surface area (TPSA) is 55.6 Å². The second-order valence-electron chi connectivity index (χ2n) is 4.47. The van der Waals surface area contributed by atoms with Crippen LogP contribution in [-0.2, 0) is 9.53 Å². The Balaban J connectivity index is 2.06. The predicted molar refractivity (Wildman–Crippen MR) is 65.6 cm³/mol. The first-order valence-electron chi connectivity index (χ1n) is 5.81. The van der Waals surface area contributed by atoms with E-state index in [1.165, 1.54) is 7.11 Å². The molecule has 0 radical (unpaired) electrons. The van der Waals surface area contributed by atoms with Crippen molar-refractivity contribution in [1.29, 1.82) is 0 Å². The summed E-state index contributed by atoms with van der Waals surface area (Å²) in [5, 5.41) is 0. The zero-order chi connectivity index (χ0) is 12.3. The fourth-order valence-electron chi connectivity index (χ4n) is 2.16. The van der Waals surface area contributed by atoms with Gasteiger partial charge < -0.3 is 10.5 Å². The predicted octanol–water partition coefficient (Wildman–Crippen LogP) is 0.586. The molecule has 1 heterocycles. The Labute approximate surface area is 101 Å². The summed E-state index contributed by atoms with van der Waals surface area (Å²) >= 11 is 0. The van der Waals surface area contributed by atoms with E-state index in [4.69, 9.17) is 10.5 Å². The molecule has 2 N–H and O–H groups in total. The molecule has 0 amide bonds. The number of rotatable bonds is 4. The number of carbonyl (C=O) groups excluding carboxylic acids is 1. The Morgan fingerprint density at radius 2 is 2.12 bits per heavy atom. The molecule has 2 rings (SSSR count). The van der Waals surface area contributed by atoms with Crippen molar-refractivity contribution >= 4 is 5.97 Å². The lowest BCUT2D eigenvalue weighted by atomic mass is 9.96. The molecule has 1 aliphatic rings. The van der Waals surface area contributed by atoms with Gasteiger partial charge in [-0.15, -0.1) is 0 Å². The van der Waals surface area contributed by atoms with Crippen LogP contribution < -0.4 is 5.73 Å². The molecular weight excluding hydrogens is 216 g/mol. The first-order valence-corrected chi connectivity index (χ1v) is 5.81. The van der Waals surface area contributed by atoms with Crippen molar-refractivity contribution in [2.24, 2.45) is 5.73 Å². The highest BCUT2D eigenvalue weighted by Crippen LogP contribution is 2.20. The average molecular weight is 234 g/mol. The van der Waals surface area contributed by atoms with E-state index in [0.717, 1.165) is 18.7 Å². The first-order chi connectivity index (χ1) is 8.20. The van der Waals surface area contributed by atoms with E-state index in [1.807, 2.05) is 30.3 Å². The van der Waals surface area contributed by atoms with E-state index in [0.29, 0.717) is 6.54 Å². The second-order valence-corrected chi connectivity index (χ2v) is 4.47. The van der Waals surface area contributed by atoms with Crippen LogP contribution in [0.15, 0.2) is 30.3 Å². The number of esters is 1. The third-order valence-corrected chi connectivity index (χ3v) is 3.11. The molecule has 0 bridgehead atoms. The van der Waals surface area contributed by atoms with Gasteiger partial charge in [0.1, 0.15) is 0 Å². The van der Waals surface area contributed by atoms with Crippen LogP contribution in [0.1, 0.15) is 11.5 Å². The number of methoxy groups -OCH3 is 1. The molecule has 4 heteroatoms. The summed E-state index contributed by atoms with van der Waals surface area (Å²) in [5.41, 5.74) is 6.73. The van der Waals surface area contributed by atoms with E-state index < -0.39 is 0 Å². The monoisotopic (exact) mass is 234 g/mol. The number of likely N-dealkylation sites (tertiary alicyclic amines) is 1. The minimum absolute atomic E-state index is 0.184. The fraction of sp³-hybridized carbons (Fsp3) is 0.462. The molecular formula is C13H18N2O2. The van der Waals surface area contributed by atoms with Crippen LogP contribution in [0.4, 0.5) is 0 Å². The van der Waals surface area contributed by atoms with Crippen molar-refractivity contribution in [3.05, 3.63) is 35.9 Å². The molecule has 1 atom stereocenters. The molecule has 1 saturated heterocycles. The molecule has 1 aromatic rings. The van der Waals surface area contributed by atoms with Crippen LogP contribution in [-0.4, -0.2) is 43.7 Å². The Morgan fingerprint density at radius 1 is 1.47 bits per heavy atom. The molecule has 1 fully saturated rings. The molecule has 0 saturated carbocycles. The summed E-state index contributed by atoms with van der Waals surface area (Å²) in [6.07, 6.45) is 0. The van der Waals surface area contributed by atoms with Crippen LogP contribution in [0.3, 0.4) is 0 Å². The van der Waals surface area contributed by atoms with E-state index in [1.54, 1.807) is 0 Å². The van der Waals surface area contributed by atoms with Crippen molar-refractivity contribution in [2.45, 2.75) is 12.0 Å². The Bertz CT molecular complexity index is 374. The molecule has 0 aliphatic carbocycles. The summed E-state index contributed by atoms with van der Waals surface area (Å²) < 4.78 is 4.87. The van der Waals surface area contributed by atoms with Crippen molar-refractivity contribution in [1.82, 2.24) is 4.90 Å². The summed E-state index contributed by atoms with van der Waals surface area (Å²) in [4.78, 5) is 14.0. The summed E-state index contributed by atoms with van der Waals surface area (Å²) in [6, 6.07) is 9.99. The quantitative estimate of drug-likeness (QED) is 0.775. The maximum atomic E-state index is 11.8. The van der Waals surface area contributed by atoms with Crippen molar-refractivity contribution in [3.63, 3.8) is 0 Å². The van der Waals surface area contributed by atoms with Gasteiger partial charge in [-0.05, 0) is 5.56 Å². The number of hydrogen-bond acceptors (Lipinski definition) is 4. The van der Waals surface area contributed by atoms with Crippen molar-refractivity contribution < 1.29 is 9.53 Å². The lowest BCUT2D eigenvalue weighted by Gasteiger charge is -2.38. The van der Waals surface area contributed by atoms with Crippen molar-refractivity contribution in [3.8, 4) is 0 Å². The maximum Gasteiger partial charge on any atom is 0.314 e. The zero-order valence-electron chi connectivity index (χ0n) is 10.0. The van der Waals surface area contributed by atoms with Gasteiger partial charge in [0.05, 0.1) is 13.0 Å². The van der Waals surface area contributed by atoms with Gasteiger partial charge in [0.15, 0.2) is 0 Å². The molecule has 92 valence electrons. The molecule has 0 spiro atoms. The van der Waals surface area contributed by atoms with Gasteiger partial charge in [-0.1, -0.05) is 30.3 Å². The summed E-state index contributed by atoms with van der Waals surface area (Å²) in [6.45, 7) is 2.41. The number of nitrogens with zero attached hydrogens (tertiary/aromatic N) is 1. The van der Waals surface area contributed by atoms with Crippen molar-refractivity contribution in [2.75, 3.05) is 26.7 Å². The van der Waals surface area contributed by atoms with Gasteiger partial charge in [0.25, 0.3) is 0 Å². The van der Waals surface area contributed by atoms with Gasteiger partial charge in [0.2, 0.25) is 0 Å². The minimum Gasteiger partial charge on any atom is -0.469 e. The smallest absolute Gasteiger partial charge is 0.314 e. The Hall–Kier alpha value is -1.39. The third-order valence-electron chi connectivity index (χ3n) is 3.11. The normalized spacial score (nSPS) is 18.5. The Morgan fingerprint density at radius 3 is 2.65 bits per heavy atom. The fourth-order valence-corrected chi connectivity index (χ4v) is 2.16. The molecule has 17 heavy (non-hydrogen) atoms. The zero-order valence-corrected chi connectivity index (χ0v) is 10.0. The molecule has 1 aromatic carbocycles. The van der Waals surface area contributed by atoms with Crippen LogP contribution in [0, 0.1) is 0 Å². The summed E-state index contributed by atoms with van der Waals surface area (Å²) in [5.74, 6) is -0.398. The highest BCUT2D eigenvalue weighted by atomic mass is 16.5. The van der Waals surface area contributed by atoms with Gasteiger partial charge in [-0.2, -0.15) is 0 Å². The number of carbonyl (C=O) groups is 1. The molecule has 1 unspecified atom stereocenters. The van der Waals surface area contributed by atoms with Crippen LogP contribution >= 0.6 is 0 Å². The second kappa shape index (κ2) is 5.29. The number of ether oxygens (including phenoxy) is 1. The van der Waals surface area contributed by atoms with Crippen LogP contribution in [0.2, 0.25) is 0 Å². The largest absolute Gasteiger partial charge is 0.469 e. The lowest BCUT2D eigenvalue weighted by Crippen LogP contribution is -2.56. The van der Waals surface area contributed by atoms with Gasteiger partial charge in [0, 0.05) is 25.7 Å².